The van der Waals surface area contributed by atoms with Gasteiger partial charge in [0.1, 0.15) is 0 Å². The Balaban J connectivity index is 0.000000128. The first kappa shape index (κ1) is 47.1. The third kappa shape index (κ3) is 8.01. The van der Waals surface area contributed by atoms with Crippen molar-refractivity contribution < 1.29 is 0 Å². The Kier molecular flexibility index (Phi) is 12.2. The molecule has 12 aromatic rings. The number of rotatable bonds is 4. The van der Waals surface area contributed by atoms with Gasteiger partial charge in [0.25, 0.3) is 0 Å². The predicted molar refractivity (Wildman–Crippen MR) is 320 cm³/mol. The molecule has 0 amide bonds. The van der Waals surface area contributed by atoms with E-state index in [1.807, 2.05) is 40.9 Å². The van der Waals surface area contributed by atoms with E-state index in [4.69, 9.17) is 5.73 Å². The van der Waals surface area contributed by atoms with Crippen molar-refractivity contribution in [2.45, 2.75) is 46.0 Å². The van der Waals surface area contributed by atoms with Gasteiger partial charge in [-0.25, -0.2) is 0 Å². The molecule has 2 aliphatic carbocycles. The van der Waals surface area contributed by atoms with E-state index < -0.39 is 0 Å². The average molecular weight is 1030 g/mol. The Hall–Kier alpha value is -7.28. The van der Waals surface area contributed by atoms with Gasteiger partial charge in [-0.15, -0.1) is 22.7 Å². The zero-order valence-corrected chi connectivity index (χ0v) is 43.3. The lowest BCUT2D eigenvalue weighted by atomic mass is 9.81. The van der Waals surface area contributed by atoms with E-state index in [0.29, 0.717) is 0 Å². The summed E-state index contributed by atoms with van der Waals surface area (Å²) >= 11 is 7.39. The molecule has 72 heavy (non-hydrogen) atoms. The van der Waals surface area contributed by atoms with Crippen LogP contribution in [0.1, 0.15) is 57.4 Å². The maximum atomic E-state index is 5.93. The Bertz CT molecular complexity index is 4020. The fourth-order valence-corrected chi connectivity index (χ4v) is 14.5. The zero-order chi connectivity index (χ0) is 48.4. The van der Waals surface area contributed by atoms with Crippen molar-refractivity contribution in [3.8, 4) is 44.5 Å². The molecule has 3 N–H and O–H groups in total. The summed E-state index contributed by atoms with van der Waals surface area (Å²) in [5, 5.41) is 9.13. The maximum Gasteiger partial charge on any atom is 0.0431 e. The van der Waals surface area contributed by atoms with Crippen molar-refractivity contribution in [3.63, 3.8) is 0 Å². The number of hydrogen-bond donors (Lipinski definition) is 2. The van der Waals surface area contributed by atoms with Gasteiger partial charge in [0, 0.05) is 72.7 Å². The Morgan fingerprint density at radius 3 is 1.43 bits per heavy atom. The van der Waals surface area contributed by atoms with Gasteiger partial charge in [-0.3, -0.25) is 0 Å². The van der Waals surface area contributed by atoms with Gasteiger partial charge in [0.2, 0.25) is 0 Å². The largest absolute Gasteiger partial charge is 0.399 e. The lowest BCUT2D eigenvalue weighted by molar-refractivity contribution is 0.657. The van der Waals surface area contributed by atoms with E-state index in [9.17, 15) is 0 Å². The first-order chi connectivity index (χ1) is 34.6. The standard InChI is InChI=1S/C33H25NS.C18H13NS.C15H13Br.CH4/c1-33(2)27-16-5-3-12-24(27)25-15-8-17-28(32(25)33)34-22-11-7-10-21(20-22)23-14-9-19-30-31(23)26-13-4-6-18-29(26)35-30;19-13-6-3-5-12(11-13)14-8-4-10-17-18(14)15-7-1-2-9-16(15)20-17;1-15(2)12-8-4-3-6-10(12)11-7-5-9-13(16)14(11)15;/h3-20,34H,1-2H3;1-11H,19H2;3-9H,1-2H3;1H4. The molecule has 0 fully saturated rings. The molecule has 0 aliphatic heterocycles. The van der Waals surface area contributed by atoms with Crippen LogP contribution in [-0.2, 0) is 10.8 Å². The summed E-state index contributed by atoms with van der Waals surface area (Å²) < 4.78 is 6.55. The molecule has 2 aromatic heterocycles. The molecule has 0 unspecified atom stereocenters. The van der Waals surface area contributed by atoms with Crippen molar-refractivity contribution in [2.75, 3.05) is 11.1 Å². The van der Waals surface area contributed by atoms with Crippen molar-refractivity contribution in [1.82, 2.24) is 0 Å². The fraction of sp³-hybridized carbons (Fsp3) is 0.104. The smallest absolute Gasteiger partial charge is 0.0431 e. The number of fused-ring (bicyclic) bond motifs is 12. The number of nitrogens with one attached hydrogen (secondary N) is 1. The van der Waals surface area contributed by atoms with Gasteiger partial charge in [-0.2, -0.15) is 0 Å². The van der Waals surface area contributed by atoms with Gasteiger partial charge in [-0.05, 0) is 127 Å². The van der Waals surface area contributed by atoms with Crippen LogP contribution in [0.15, 0.2) is 223 Å². The molecule has 0 saturated carbocycles. The molecule has 2 heterocycles. The molecule has 2 nitrogen and oxygen atoms in total. The van der Waals surface area contributed by atoms with E-state index in [0.717, 1.165) is 11.4 Å². The van der Waals surface area contributed by atoms with Gasteiger partial charge in [-0.1, -0.05) is 209 Å². The van der Waals surface area contributed by atoms with Crippen LogP contribution < -0.4 is 11.1 Å². The molecular formula is C67H55BrN2S2. The summed E-state index contributed by atoms with van der Waals surface area (Å²) in [4.78, 5) is 0. The first-order valence-electron chi connectivity index (χ1n) is 24.2. The van der Waals surface area contributed by atoms with Gasteiger partial charge in [0.15, 0.2) is 0 Å². The van der Waals surface area contributed by atoms with Crippen LogP contribution in [-0.4, -0.2) is 0 Å². The number of nitrogen functional groups attached to an aromatic ring is 1. The molecule has 14 rings (SSSR count). The van der Waals surface area contributed by atoms with Gasteiger partial charge < -0.3 is 11.1 Å². The predicted octanol–water partition coefficient (Wildman–Crippen LogP) is 20.5. The highest BCUT2D eigenvalue weighted by molar-refractivity contribution is 9.10. The monoisotopic (exact) mass is 1030 g/mol. The highest BCUT2D eigenvalue weighted by atomic mass is 79.9. The van der Waals surface area contributed by atoms with Crippen LogP contribution in [0.4, 0.5) is 17.1 Å². The molecule has 5 heteroatoms. The number of nitrogens with two attached hydrogens (primary N) is 1. The molecule has 0 bridgehead atoms. The Morgan fingerprint density at radius 2 is 0.833 bits per heavy atom. The highest BCUT2D eigenvalue weighted by Gasteiger charge is 2.38. The number of hydrogen-bond acceptors (Lipinski definition) is 4. The third-order valence-electron chi connectivity index (χ3n) is 14.6. The molecule has 2 aliphatic rings. The van der Waals surface area contributed by atoms with E-state index in [-0.39, 0.29) is 18.3 Å². The fourth-order valence-electron chi connectivity index (χ4n) is 11.4. The van der Waals surface area contributed by atoms with Crippen molar-refractivity contribution >= 4 is 96.0 Å². The summed E-state index contributed by atoms with van der Waals surface area (Å²) in [6.45, 7) is 9.26. The van der Waals surface area contributed by atoms with Crippen LogP contribution in [0, 0.1) is 0 Å². The van der Waals surface area contributed by atoms with Gasteiger partial charge >= 0.3 is 0 Å². The van der Waals surface area contributed by atoms with E-state index in [2.05, 4.69) is 249 Å². The minimum atomic E-state index is -0.0473. The molecule has 0 spiro atoms. The third-order valence-corrected chi connectivity index (χ3v) is 17.5. The van der Waals surface area contributed by atoms with Crippen molar-refractivity contribution in [1.29, 1.82) is 0 Å². The number of benzene rings is 10. The lowest BCUT2D eigenvalue weighted by Gasteiger charge is -2.25. The Labute approximate surface area is 439 Å². The van der Waals surface area contributed by atoms with Crippen LogP contribution in [0.3, 0.4) is 0 Å². The van der Waals surface area contributed by atoms with Crippen molar-refractivity contribution in [3.05, 3.63) is 245 Å². The normalized spacial score (nSPS) is 13.2. The molecule has 0 saturated heterocycles. The summed E-state index contributed by atoms with van der Waals surface area (Å²) in [6.07, 6.45) is 0. The summed E-state index contributed by atoms with van der Waals surface area (Å²) in [5.41, 5.74) is 25.1. The van der Waals surface area contributed by atoms with E-state index in [1.165, 1.54) is 117 Å². The number of anilines is 3. The second kappa shape index (κ2) is 18.7. The minimum absolute atomic E-state index is 0. The first-order valence-corrected chi connectivity index (χ1v) is 26.6. The summed E-state index contributed by atoms with van der Waals surface area (Å²) in [5.74, 6) is 0. The van der Waals surface area contributed by atoms with Crippen LogP contribution in [0.2, 0.25) is 0 Å². The highest BCUT2D eigenvalue weighted by Crippen LogP contribution is 2.53. The van der Waals surface area contributed by atoms with Crippen LogP contribution >= 0.6 is 38.6 Å². The second-order valence-corrected chi connectivity index (χ2v) is 22.6. The average Bonchev–Trinajstić information content (AvgIpc) is 4.10. The van der Waals surface area contributed by atoms with Crippen LogP contribution in [0.25, 0.3) is 84.9 Å². The minimum Gasteiger partial charge on any atom is -0.399 e. The summed E-state index contributed by atoms with van der Waals surface area (Å²) in [6, 6.07) is 78.0. The molecule has 352 valence electrons. The lowest BCUT2D eigenvalue weighted by Crippen LogP contribution is -2.16. The van der Waals surface area contributed by atoms with Gasteiger partial charge in [0.05, 0.1) is 0 Å². The van der Waals surface area contributed by atoms with Crippen LogP contribution in [0.5, 0.6) is 0 Å². The quantitative estimate of drug-likeness (QED) is 0.172. The SMILES string of the molecule is C.CC1(C)c2ccccc2-c2cccc(Br)c21.CC1(C)c2ccccc2-c2cccc(Nc3cccc(-c4cccc5sc6ccccc6c45)c3)c21.Nc1cccc(-c2cccc3sc4ccccc4c23)c1. The molecule has 0 atom stereocenters. The molecular weight excluding hydrogens is 977 g/mol. The number of thiophene rings is 2. The topological polar surface area (TPSA) is 38.0 Å². The maximum absolute atomic E-state index is 5.93. The Morgan fingerprint density at radius 1 is 0.403 bits per heavy atom. The second-order valence-electron chi connectivity index (χ2n) is 19.6. The molecule has 0 radical (unpaired) electrons. The van der Waals surface area contributed by atoms with E-state index in [1.54, 1.807) is 0 Å². The summed E-state index contributed by atoms with van der Waals surface area (Å²) in [7, 11) is 0. The van der Waals surface area contributed by atoms with Crippen molar-refractivity contribution in [2.24, 2.45) is 0 Å². The molecule has 10 aromatic carbocycles. The van der Waals surface area contributed by atoms with E-state index >= 15 is 0 Å². The number of halogens is 1. The zero-order valence-electron chi connectivity index (χ0n) is 40.1.